The predicted molar refractivity (Wildman–Crippen MR) is 73.8 cm³/mol. The van der Waals surface area contributed by atoms with Crippen molar-refractivity contribution in [3.05, 3.63) is 34.6 Å². The molecule has 0 radical (unpaired) electrons. The second-order valence-corrected chi connectivity index (χ2v) is 5.83. The molecule has 106 valence electrons. The molecular weight excluding hydrogens is 269 g/mol. The van der Waals surface area contributed by atoms with Gasteiger partial charge in [-0.05, 0) is 32.4 Å². The van der Waals surface area contributed by atoms with E-state index in [-0.39, 0.29) is 17.0 Å². The van der Waals surface area contributed by atoms with E-state index in [9.17, 15) is 9.18 Å². The molecule has 0 aliphatic carbocycles. The van der Waals surface area contributed by atoms with Crippen LogP contribution in [0, 0.1) is 5.82 Å². The molecule has 5 heteroatoms. The first-order valence-electron chi connectivity index (χ1n) is 6.11. The van der Waals surface area contributed by atoms with E-state index in [1.165, 1.54) is 6.07 Å². The van der Waals surface area contributed by atoms with Gasteiger partial charge in [0.15, 0.2) is 0 Å². The second kappa shape index (κ2) is 6.35. The van der Waals surface area contributed by atoms with Crippen LogP contribution in [0.4, 0.5) is 4.39 Å². The molecule has 0 aromatic heterocycles. The van der Waals surface area contributed by atoms with Gasteiger partial charge in [-0.1, -0.05) is 23.7 Å². The molecule has 0 heterocycles. The summed E-state index contributed by atoms with van der Waals surface area (Å²) >= 11 is 5.93. The van der Waals surface area contributed by atoms with Crippen molar-refractivity contribution in [3.8, 4) is 0 Å². The Morgan fingerprint density at radius 1 is 1.42 bits per heavy atom. The molecule has 0 bridgehead atoms. The van der Waals surface area contributed by atoms with Gasteiger partial charge in [0.05, 0.1) is 11.4 Å². The molecule has 0 atom stereocenters. The summed E-state index contributed by atoms with van der Waals surface area (Å²) in [5, 5.41) is 8.88. The number of rotatable bonds is 5. The van der Waals surface area contributed by atoms with E-state index in [2.05, 4.69) is 0 Å². The molecule has 1 aromatic carbocycles. The monoisotopic (exact) mass is 287 g/mol. The number of halogens is 2. The highest BCUT2D eigenvalue weighted by atomic mass is 35.5. The van der Waals surface area contributed by atoms with Gasteiger partial charge in [0.1, 0.15) is 5.82 Å². The van der Waals surface area contributed by atoms with Crippen LogP contribution in [0.15, 0.2) is 18.2 Å². The minimum atomic E-state index is -0.848. The summed E-state index contributed by atoms with van der Waals surface area (Å²) in [5.41, 5.74) is 0.451. The number of hydrogen-bond donors (Lipinski definition) is 1. The zero-order valence-electron chi connectivity index (χ0n) is 11.4. The molecule has 19 heavy (non-hydrogen) atoms. The molecule has 0 spiro atoms. The lowest BCUT2D eigenvalue weighted by Gasteiger charge is -2.35. The lowest BCUT2D eigenvalue weighted by atomic mass is 10.0. The van der Waals surface area contributed by atoms with Crippen molar-refractivity contribution < 1.29 is 14.3 Å². The first-order chi connectivity index (χ1) is 8.71. The van der Waals surface area contributed by atoms with Crippen LogP contribution in [-0.2, 0) is 11.3 Å². The topological polar surface area (TPSA) is 40.5 Å². The molecule has 1 rings (SSSR count). The molecule has 0 saturated heterocycles. The summed E-state index contributed by atoms with van der Waals surface area (Å²) in [6.45, 7) is 6.78. The second-order valence-electron chi connectivity index (χ2n) is 5.45. The molecule has 0 aliphatic rings. The van der Waals surface area contributed by atoms with Crippen molar-refractivity contribution in [2.75, 3.05) is 6.54 Å². The molecule has 3 nitrogen and oxygen atoms in total. The maximum atomic E-state index is 13.4. The van der Waals surface area contributed by atoms with Crippen molar-refractivity contribution in [3.63, 3.8) is 0 Å². The molecular formula is C14H19ClFNO2. The Balaban J connectivity index is 2.88. The van der Waals surface area contributed by atoms with E-state index in [4.69, 9.17) is 16.7 Å². The van der Waals surface area contributed by atoms with Gasteiger partial charge in [-0.25, -0.2) is 4.39 Å². The standard InChI is InChI=1S/C14H19ClFNO2/c1-14(2,3)17(8-7-12(18)19)9-10-5-4-6-11(16)13(10)15/h4-6H,7-9H2,1-3H3,(H,18,19). The van der Waals surface area contributed by atoms with Gasteiger partial charge in [-0.15, -0.1) is 0 Å². The summed E-state index contributed by atoms with van der Waals surface area (Å²) in [6, 6.07) is 4.67. The fourth-order valence-corrected chi connectivity index (χ4v) is 1.94. The van der Waals surface area contributed by atoms with Crippen LogP contribution in [0.1, 0.15) is 32.8 Å². The zero-order chi connectivity index (χ0) is 14.6. The quantitative estimate of drug-likeness (QED) is 0.900. The van der Waals surface area contributed by atoms with E-state index in [1.54, 1.807) is 12.1 Å². The smallest absolute Gasteiger partial charge is 0.304 e. The SMILES string of the molecule is CC(C)(C)N(CCC(=O)O)Cc1cccc(F)c1Cl. The fraction of sp³-hybridized carbons (Fsp3) is 0.500. The highest BCUT2D eigenvalue weighted by Gasteiger charge is 2.23. The number of nitrogens with zero attached hydrogens (tertiary/aromatic N) is 1. The fourth-order valence-electron chi connectivity index (χ4n) is 1.76. The number of hydrogen-bond acceptors (Lipinski definition) is 2. The van der Waals surface area contributed by atoms with Crippen molar-refractivity contribution >= 4 is 17.6 Å². The van der Waals surface area contributed by atoms with Crippen LogP contribution < -0.4 is 0 Å². The average molecular weight is 288 g/mol. The Labute approximate surface area is 118 Å². The molecule has 0 saturated carbocycles. The Morgan fingerprint density at radius 2 is 2.05 bits per heavy atom. The third-order valence-corrected chi connectivity index (χ3v) is 3.36. The first-order valence-corrected chi connectivity index (χ1v) is 6.49. The highest BCUT2D eigenvalue weighted by Crippen LogP contribution is 2.24. The van der Waals surface area contributed by atoms with Crippen LogP contribution in [0.25, 0.3) is 0 Å². The summed E-state index contributed by atoms with van der Waals surface area (Å²) in [6.07, 6.45) is 0.0458. The Hall–Kier alpha value is -1.13. The largest absolute Gasteiger partial charge is 0.481 e. The maximum absolute atomic E-state index is 13.4. The molecule has 0 aliphatic heterocycles. The summed E-state index contributed by atoms with van der Waals surface area (Å²) < 4.78 is 13.4. The zero-order valence-corrected chi connectivity index (χ0v) is 12.2. The molecule has 1 aromatic rings. The van der Waals surface area contributed by atoms with Crippen LogP contribution in [0.5, 0.6) is 0 Å². The normalized spacial score (nSPS) is 11.9. The minimum absolute atomic E-state index is 0.0458. The van der Waals surface area contributed by atoms with E-state index < -0.39 is 11.8 Å². The van der Waals surface area contributed by atoms with Gasteiger partial charge >= 0.3 is 5.97 Å². The first kappa shape index (κ1) is 15.9. The lowest BCUT2D eigenvalue weighted by molar-refractivity contribution is -0.137. The summed E-state index contributed by atoms with van der Waals surface area (Å²) in [7, 11) is 0. The van der Waals surface area contributed by atoms with Crippen molar-refractivity contribution in [2.24, 2.45) is 0 Å². The van der Waals surface area contributed by atoms with Gasteiger partial charge in [-0.2, -0.15) is 0 Å². The van der Waals surface area contributed by atoms with E-state index in [0.717, 1.165) is 0 Å². The van der Waals surface area contributed by atoms with Gasteiger partial charge in [0.25, 0.3) is 0 Å². The number of carboxylic acid groups (broad SMARTS) is 1. The Morgan fingerprint density at radius 3 is 2.58 bits per heavy atom. The Bertz CT molecular complexity index is 457. The maximum Gasteiger partial charge on any atom is 0.304 e. The van der Waals surface area contributed by atoms with Gasteiger partial charge in [-0.3, -0.25) is 9.69 Å². The van der Waals surface area contributed by atoms with Crippen LogP contribution in [0.2, 0.25) is 5.02 Å². The third-order valence-electron chi connectivity index (χ3n) is 2.94. The van der Waals surface area contributed by atoms with Crippen LogP contribution >= 0.6 is 11.6 Å². The van der Waals surface area contributed by atoms with E-state index in [1.807, 2.05) is 25.7 Å². The number of benzene rings is 1. The van der Waals surface area contributed by atoms with Crippen molar-refractivity contribution in [1.29, 1.82) is 0 Å². The Kier molecular flexibility index (Phi) is 5.32. The molecule has 0 amide bonds. The van der Waals surface area contributed by atoms with Crippen molar-refractivity contribution in [2.45, 2.75) is 39.3 Å². The molecule has 0 fully saturated rings. The summed E-state index contributed by atoms with van der Waals surface area (Å²) in [4.78, 5) is 12.7. The van der Waals surface area contributed by atoms with E-state index in [0.29, 0.717) is 18.7 Å². The van der Waals surface area contributed by atoms with Gasteiger partial charge < -0.3 is 5.11 Å². The number of carboxylic acids is 1. The minimum Gasteiger partial charge on any atom is -0.481 e. The average Bonchev–Trinajstić information content (AvgIpc) is 2.27. The predicted octanol–water partition coefficient (Wildman–Crippen LogP) is 3.55. The van der Waals surface area contributed by atoms with Crippen LogP contribution in [-0.4, -0.2) is 28.1 Å². The summed E-state index contributed by atoms with van der Waals surface area (Å²) in [5.74, 6) is -1.30. The van der Waals surface area contributed by atoms with Gasteiger partial charge in [0.2, 0.25) is 0 Å². The van der Waals surface area contributed by atoms with E-state index >= 15 is 0 Å². The number of carbonyl (C=O) groups is 1. The number of aliphatic carboxylic acids is 1. The highest BCUT2D eigenvalue weighted by molar-refractivity contribution is 6.31. The lowest BCUT2D eigenvalue weighted by Crippen LogP contribution is -2.42. The molecule has 1 N–H and O–H groups in total. The third kappa shape index (κ3) is 4.80. The van der Waals surface area contributed by atoms with Crippen LogP contribution in [0.3, 0.4) is 0 Å². The molecule has 0 unspecified atom stereocenters. The van der Waals surface area contributed by atoms with Crippen molar-refractivity contribution in [1.82, 2.24) is 4.90 Å². The van der Waals surface area contributed by atoms with Gasteiger partial charge in [0, 0.05) is 18.6 Å².